The molecule has 0 fully saturated rings. The van der Waals surface area contributed by atoms with Crippen molar-refractivity contribution in [2.24, 2.45) is 0 Å². The Morgan fingerprint density at radius 1 is 1.14 bits per heavy atom. The minimum absolute atomic E-state index is 0.0284. The summed E-state index contributed by atoms with van der Waals surface area (Å²) >= 11 is 4.91. The molecule has 112 valence electrons. The molecule has 2 aromatic rings. The van der Waals surface area contributed by atoms with Crippen LogP contribution in [0.25, 0.3) is 0 Å². The van der Waals surface area contributed by atoms with Gasteiger partial charge in [0.15, 0.2) is 5.03 Å². The quantitative estimate of drug-likeness (QED) is 0.585. The van der Waals surface area contributed by atoms with Crippen LogP contribution in [0.1, 0.15) is 6.42 Å². The molecule has 0 unspecified atom stereocenters. The third-order valence-corrected chi connectivity index (χ3v) is 6.02. The van der Waals surface area contributed by atoms with Crippen molar-refractivity contribution in [1.29, 1.82) is 0 Å². The molecule has 0 aliphatic carbocycles. The molecule has 0 spiro atoms. The molecule has 4 nitrogen and oxygen atoms in total. The van der Waals surface area contributed by atoms with Crippen LogP contribution in [0.15, 0.2) is 63.1 Å². The lowest BCUT2D eigenvalue weighted by Crippen LogP contribution is -2.26. The standard InChI is InChI=1S/C14H15BrN2O2S2/c15-13-8-4-9-16-14(13)21(18,19)17-10-5-11-20-12-6-2-1-3-7-12/h1-4,6-9,17H,5,10-11H2. The molecular weight excluding hydrogens is 372 g/mol. The lowest BCUT2D eigenvalue weighted by atomic mass is 10.4. The van der Waals surface area contributed by atoms with Crippen molar-refractivity contribution in [3.63, 3.8) is 0 Å². The van der Waals surface area contributed by atoms with Crippen LogP contribution in [0.5, 0.6) is 0 Å². The number of nitrogens with one attached hydrogen (secondary N) is 1. The van der Waals surface area contributed by atoms with Gasteiger partial charge in [0, 0.05) is 17.6 Å². The molecule has 7 heteroatoms. The van der Waals surface area contributed by atoms with Gasteiger partial charge in [-0.05, 0) is 52.4 Å². The second kappa shape index (κ2) is 7.93. The highest BCUT2D eigenvalue weighted by atomic mass is 79.9. The molecule has 1 N–H and O–H groups in total. The van der Waals surface area contributed by atoms with Crippen LogP contribution in [0.3, 0.4) is 0 Å². The Morgan fingerprint density at radius 3 is 2.62 bits per heavy atom. The lowest BCUT2D eigenvalue weighted by Gasteiger charge is -2.07. The van der Waals surface area contributed by atoms with Crippen molar-refractivity contribution < 1.29 is 8.42 Å². The van der Waals surface area contributed by atoms with E-state index in [1.165, 1.54) is 11.1 Å². The van der Waals surface area contributed by atoms with E-state index in [1.54, 1.807) is 23.9 Å². The number of aromatic nitrogens is 1. The van der Waals surface area contributed by atoms with Crippen molar-refractivity contribution in [2.75, 3.05) is 12.3 Å². The van der Waals surface area contributed by atoms with Gasteiger partial charge in [-0.15, -0.1) is 11.8 Å². The molecule has 1 heterocycles. The monoisotopic (exact) mass is 386 g/mol. The van der Waals surface area contributed by atoms with E-state index in [1.807, 2.05) is 30.3 Å². The summed E-state index contributed by atoms with van der Waals surface area (Å²) in [4.78, 5) is 5.08. The number of sulfonamides is 1. The molecule has 0 aliphatic rings. The molecule has 0 saturated heterocycles. The van der Waals surface area contributed by atoms with Crippen LogP contribution in [0.4, 0.5) is 0 Å². The molecule has 1 aromatic heterocycles. The highest BCUT2D eigenvalue weighted by molar-refractivity contribution is 9.10. The Bertz CT molecular complexity index is 678. The van der Waals surface area contributed by atoms with Gasteiger partial charge in [-0.25, -0.2) is 18.1 Å². The van der Waals surface area contributed by atoms with Gasteiger partial charge in [0.2, 0.25) is 0 Å². The molecule has 0 amide bonds. The molecule has 1 aromatic carbocycles. The maximum absolute atomic E-state index is 12.1. The maximum Gasteiger partial charge on any atom is 0.259 e. The number of pyridine rings is 1. The van der Waals surface area contributed by atoms with Gasteiger partial charge >= 0.3 is 0 Å². The molecule has 2 rings (SSSR count). The highest BCUT2D eigenvalue weighted by Gasteiger charge is 2.17. The number of thioether (sulfide) groups is 1. The highest BCUT2D eigenvalue weighted by Crippen LogP contribution is 2.19. The number of nitrogens with zero attached hydrogens (tertiary/aromatic N) is 1. The zero-order chi connectivity index (χ0) is 15.1. The summed E-state index contributed by atoms with van der Waals surface area (Å²) < 4.78 is 27.2. The largest absolute Gasteiger partial charge is 0.259 e. The number of halogens is 1. The summed E-state index contributed by atoms with van der Waals surface area (Å²) in [6.07, 6.45) is 2.22. The van der Waals surface area contributed by atoms with Crippen LogP contribution in [0, 0.1) is 0 Å². The van der Waals surface area contributed by atoms with Gasteiger partial charge in [0.1, 0.15) is 0 Å². The molecule has 0 atom stereocenters. The Balaban J connectivity index is 1.79. The van der Waals surface area contributed by atoms with E-state index in [2.05, 4.69) is 25.6 Å². The number of benzene rings is 1. The average molecular weight is 387 g/mol. The Hall–Kier alpha value is -0.890. The van der Waals surface area contributed by atoms with Crippen molar-refractivity contribution >= 4 is 37.7 Å². The Morgan fingerprint density at radius 2 is 1.90 bits per heavy atom. The third kappa shape index (κ3) is 5.10. The molecule has 0 radical (unpaired) electrons. The minimum Gasteiger partial charge on any atom is -0.242 e. The first-order chi connectivity index (χ1) is 10.1. The fourth-order valence-corrected chi connectivity index (χ4v) is 4.47. The van der Waals surface area contributed by atoms with E-state index in [9.17, 15) is 8.42 Å². The first kappa shape index (κ1) is 16.5. The smallest absolute Gasteiger partial charge is 0.242 e. The predicted octanol–water partition coefficient (Wildman–Crippen LogP) is 3.30. The fraction of sp³-hybridized carbons (Fsp3) is 0.214. The van der Waals surface area contributed by atoms with Crippen LogP contribution in [-0.2, 0) is 10.0 Å². The first-order valence-electron chi connectivity index (χ1n) is 6.37. The Kier molecular flexibility index (Phi) is 6.22. The van der Waals surface area contributed by atoms with Crippen LogP contribution in [0.2, 0.25) is 0 Å². The van der Waals surface area contributed by atoms with E-state index in [4.69, 9.17) is 0 Å². The summed E-state index contributed by atoms with van der Waals surface area (Å²) in [7, 11) is -3.55. The summed E-state index contributed by atoms with van der Waals surface area (Å²) in [6.45, 7) is 0.394. The molecule has 0 bridgehead atoms. The number of hydrogen-bond donors (Lipinski definition) is 1. The lowest BCUT2D eigenvalue weighted by molar-refractivity contribution is 0.576. The van der Waals surface area contributed by atoms with Gasteiger partial charge in [0.05, 0.1) is 4.47 Å². The molecule has 21 heavy (non-hydrogen) atoms. The van der Waals surface area contributed by atoms with Gasteiger partial charge in [0.25, 0.3) is 10.0 Å². The van der Waals surface area contributed by atoms with Crippen molar-refractivity contribution in [1.82, 2.24) is 9.71 Å². The van der Waals surface area contributed by atoms with Crippen LogP contribution < -0.4 is 4.72 Å². The van der Waals surface area contributed by atoms with Gasteiger partial charge in [-0.3, -0.25) is 0 Å². The zero-order valence-corrected chi connectivity index (χ0v) is 14.4. The van der Waals surface area contributed by atoms with Crippen LogP contribution in [-0.4, -0.2) is 25.7 Å². The second-order valence-corrected chi connectivity index (χ2v) is 7.91. The minimum atomic E-state index is -3.55. The zero-order valence-electron chi connectivity index (χ0n) is 11.2. The maximum atomic E-state index is 12.1. The fourth-order valence-electron chi connectivity index (χ4n) is 1.62. The molecular formula is C14H15BrN2O2S2. The van der Waals surface area contributed by atoms with Crippen molar-refractivity contribution in [3.05, 3.63) is 53.1 Å². The first-order valence-corrected chi connectivity index (χ1v) is 9.64. The summed E-state index contributed by atoms with van der Waals surface area (Å²) in [5.41, 5.74) is 0. The Labute approximate surface area is 137 Å². The SMILES string of the molecule is O=S(=O)(NCCCSc1ccccc1)c1ncccc1Br. The van der Waals surface area contributed by atoms with E-state index in [-0.39, 0.29) is 5.03 Å². The molecule has 0 saturated carbocycles. The topological polar surface area (TPSA) is 59.1 Å². The average Bonchev–Trinajstić information content (AvgIpc) is 2.48. The third-order valence-electron chi connectivity index (χ3n) is 2.60. The molecule has 0 aliphatic heterocycles. The van der Waals surface area contributed by atoms with E-state index >= 15 is 0 Å². The van der Waals surface area contributed by atoms with Gasteiger partial charge in [-0.2, -0.15) is 0 Å². The normalized spacial score (nSPS) is 11.5. The van der Waals surface area contributed by atoms with Gasteiger partial charge < -0.3 is 0 Å². The predicted molar refractivity (Wildman–Crippen MR) is 88.9 cm³/mol. The number of rotatable bonds is 7. The summed E-state index contributed by atoms with van der Waals surface area (Å²) in [6, 6.07) is 13.4. The van der Waals surface area contributed by atoms with E-state index < -0.39 is 10.0 Å². The second-order valence-electron chi connectivity index (χ2n) is 4.20. The van der Waals surface area contributed by atoms with Crippen LogP contribution >= 0.6 is 27.7 Å². The number of hydrogen-bond acceptors (Lipinski definition) is 4. The summed E-state index contributed by atoms with van der Waals surface area (Å²) in [5, 5.41) is 0.0284. The van der Waals surface area contributed by atoms with Gasteiger partial charge in [-0.1, -0.05) is 18.2 Å². The van der Waals surface area contributed by atoms with E-state index in [0.29, 0.717) is 11.0 Å². The summed E-state index contributed by atoms with van der Waals surface area (Å²) in [5.74, 6) is 0.857. The van der Waals surface area contributed by atoms with E-state index in [0.717, 1.165) is 12.2 Å². The van der Waals surface area contributed by atoms with Crippen molar-refractivity contribution in [3.8, 4) is 0 Å². The van der Waals surface area contributed by atoms with Crippen molar-refractivity contribution in [2.45, 2.75) is 16.3 Å².